The first-order valence-corrected chi connectivity index (χ1v) is 9.30. The zero-order valence-corrected chi connectivity index (χ0v) is 15.6. The number of pyridine rings is 1. The highest BCUT2D eigenvalue weighted by Crippen LogP contribution is 2.44. The maximum Gasteiger partial charge on any atom is 0.407 e. The van der Waals surface area contributed by atoms with Crippen LogP contribution in [0.5, 0.6) is 0 Å². The Morgan fingerprint density at radius 3 is 2.45 bits per heavy atom. The van der Waals surface area contributed by atoms with Crippen LogP contribution in [0.1, 0.15) is 22.7 Å². The number of ether oxygens (including phenoxy) is 1. The predicted molar refractivity (Wildman–Crippen MR) is 111 cm³/mol. The number of carbonyl (C=O) groups excluding carboxylic acids is 1. The normalized spacial score (nSPS) is 12.6. The van der Waals surface area contributed by atoms with Crippen molar-refractivity contribution in [3.05, 3.63) is 89.5 Å². The molecule has 1 aromatic heterocycles. The summed E-state index contributed by atoms with van der Waals surface area (Å²) >= 11 is 0. The second-order valence-electron chi connectivity index (χ2n) is 6.74. The molecule has 0 bridgehead atoms. The summed E-state index contributed by atoms with van der Waals surface area (Å²) in [6.45, 7) is 0.505. The van der Waals surface area contributed by atoms with E-state index in [0.717, 1.165) is 6.20 Å². The van der Waals surface area contributed by atoms with Gasteiger partial charge in [-0.3, -0.25) is 4.98 Å². The molecule has 0 atom stereocenters. The Labute approximate surface area is 168 Å². The molecule has 0 saturated carbocycles. The van der Waals surface area contributed by atoms with Gasteiger partial charge in [0.2, 0.25) is 0 Å². The molecule has 0 fully saturated rings. The van der Waals surface area contributed by atoms with Crippen molar-refractivity contribution in [3.63, 3.8) is 0 Å². The van der Waals surface area contributed by atoms with Crippen molar-refractivity contribution in [2.75, 3.05) is 18.9 Å². The van der Waals surface area contributed by atoms with Crippen molar-refractivity contribution in [1.82, 2.24) is 10.3 Å². The van der Waals surface area contributed by atoms with Gasteiger partial charge in [0.25, 0.3) is 0 Å². The number of nitrogens with one attached hydrogen (secondary N) is 1. The fourth-order valence-electron chi connectivity index (χ4n) is 3.57. The second kappa shape index (κ2) is 8.14. The SMILES string of the molecule is Nc1cc(F)cnc1C=CCNC(=O)OCC1c2ccccc2-c2ccccc21. The van der Waals surface area contributed by atoms with E-state index in [1.54, 1.807) is 12.2 Å². The summed E-state index contributed by atoms with van der Waals surface area (Å²) in [5.41, 5.74) is 11.1. The Balaban J connectivity index is 1.34. The van der Waals surface area contributed by atoms with E-state index in [1.165, 1.54) is 28.3 Å². The number of nitrogens with zero attached hydrogens (tertiary/aromatic N) is 1. The lowest BCUT2D eigenvalue weighted by Gasteiger charge is -2.14. The van der Waals surface area contributed by atoms with Crippen LogP contribution in [0.15, 0.2) is 66.9 Å². The van der Waals surface area contributed by atoms with Crippen molar-refractivity contribution < 1.29 is 13.9 Å². The van der Waals surface area contributed by atoms with Crippen LogP contribution in [0, 0.1) is 5.82 Å². The van der Waals surface area contributed by atoms with Crippen molar-refractivity contribution in [2.24, 2.45) is 0 Å². The molecule has 1 aliphatic rings. The zero-order chi connectivity index (χ0) is 20.2. The molecule has 3 N–H and O–H groups in total. The van der Waals surface area contributed by atoms with E-state index < -0.39 is 11.9 Å². The number of aromatic nitrogens is 1. The van der Waals surface area contributed by atoms with E-state index in [0.29, 0.717) is 5.69 Å². The molecule has 1 heterocycles. The van der Waals surface area contributed by atoms with Gasteiger partial charge < -0.3 is 15.8 Å². The maximum absolute atomic E-state index is 13.0. The molecule has 0 radical (unpaired) electrons. The number of nitrogen functional groups attached to an aromatic ring is 1. The van der Waals surface area contributed by atoms with Crippen LogP contribution in [0.3, 0.4) is 0 Å². The van der Waals surface area contributed by atoms with E-state index in [4.69, 9.17) is 10.5 Å². The Hall–Kier alpha value is -3.67. The number of nitrogens with two attached hydrogens (primary N) is 1. The van der Waals surface area contributed by atoms with Crippen LogP contribution in [-0.4, -0.2) is 24.2 Å². The third-order valence-electron chi connectivity index (χ3n) is 4.90. The molecule has 1 amide bonds. The first-order chi connectivity index (χ1) is 14.1. The summed E-state index contributed by atoms with van der Waals surface area (Å²) in [6, 6.07) is 17.6. The topological polar surface area (TPSA) is 77.2 Å². The van der Waals surface area contributed by atoms with Crippen LogP contribution in [0.4, 0.5) is 14.9 Å². The van der Waals surface area contributed by atoms with Crippen molar-refractivity contribution in [3.8, 4) is 11.1 Å². The highest BCUT2D eigenvalue weighted by atomic mass is 19.1. The molecular weight excluding hydrogens is 369 g/mol. The summed E-state index contributed by atoms with van der Waals surface area (Å²) in [5, 5.41) is 2.67. The van der Waals surface area contributed by atoms with Gasteiger partial charge in [0, 0.05) is 18.5 Å². The van der Waals surface area contributed by atoms with Gasteiger partial charge in [-0.05, 0) is 28.3 Å². The zero-order valence-electron chi connectivity index (χ0n) is 15.6. The minimum Gasteiger partial charge on any atom is -0.449 e. The van der Waals surface area contributed by atoms with Gasteiger partial charge in [-0.15, -0.1) is 0 Å². The summed E-state index contributed by atoms with van der Waals surface area (Å²) in [4.78, 5) is 16.0. The number of carbonyl (C=O) groups is 1. The molecule has 5 nitrogen and oxygen atoms in total. The summed E-state index contributed by atoms with van der Waals surface area (Å²) in [6.07, 6.45) is 3.89. The first kappa shape index (κ1) is 18.7. The Kier molecular flexibility index (Phi) is 5.24. The number of hydrogen-bond acceptors (Lipinski definition) is 4. The lowest BCUT2D eigenvalue weighted by Crippen LogP contribution is -2.26. The van der Waals surface area contributed by atoms with Crippen molar-refractivity contribution in [2.45, 2.75) is 5.92 Å². The standard InChI is InChI=1S/C23H20FN3O2/c24-15-12-21(25)22(27-13-15)10-5-11-26-23(28)29-14-20-18-8-3-1-6-16(18)17-7-2-4-9-19(17)20/h1-10,12-13,20H,11,14,25H2,(H,26,28). The van der Waals surface area contributed by atoms with E-state index in [1.807, 2.05) is 24.3 Å². The van der Waals surface area contributed by atoms with Crippen LogP contribution in [0.2, 0.25) is 0 Å². The fourth-order valence-corrected chi connectivity index (χ4v) is 3.57. The molecule has 6 heteroatoms. The molecule has 0 aliphatic heterocycles. The van der Waals surface area contributed by atoms with E-state index in [9.17, 15) is 9.18 Å². The summed E-state index contributed by atoms with van der Waals surface area (Å²) in [7, 11) is 0. The van der Waals surface area contributed by atoms with Gasteiger partial charge in [0.05, 0.1) is 17.6 Å². The van der Waals surface area contributed by atoms with Gasteiger partial charge >= 0.3 is 6.09 Å². The molecule has 0 spiro atoms. The van der Waals surface area contributed by atoms with Crippen LogP contribution >= 0.6 is 0 Å². The number of anilines is 1. The summed E-state index contributed by atoms with van der Waals surface area (Å²) in [5.74, 6) is -0.469. The number of amides is 1. The van der Waals surface area contributed by atoms with Crippen LogP contribution < -0.4 is 11.1 Å². The number of hydrogen-bond donors (Lipinski definition) is 2. The van der Waals surface area contributed by atoms with Crippen molar-refractivity contribution >= 4 is 17.9 Å². The number of alkyl carbamates (subject to hydrolysis) is 1. The van der Waals surface area contributed by atoms with Crippen LogP contribution in [0.25, 0.3) is 17.2 Å². The van der Waals surface area contributed by atoms with E-state index in [-0.39, 0.29) is 24.8 Å². The third kappa shape index (κ3) is 3.96. The molecule has 0 saturated heterocycles. The van der Waals surface area contributed by atoms with E-state index in [2.05, 4.69) is 34.6 Å². The van der Waals surface area contributed by atoms with Crippen molar-refractivity contribution in [1.29, 1.82) is 0 Å². The number of rotatable bonds is 5. The molecule has 3 aromatic rings. The Morgan fingerprint density at radius 1 is 1.14 bits per heavy atom. The van der Waals surface area contributed by atoms with Gasteiger partial charge in [-0.1, -0.05) is 54.6 Å². The molecule has 2 aromatic carbocycles. The molecular formula is C23H20FN3O2. The van der Waals surface area contributed by atoms with Gasteiger partial charge in [0.1, 0.15) is 12.4 Å². The number of benzene rings is 2. The third-order valence-corrected chi connectivity index (χ3v) is 4.90. The van der Waals surface area contributed by atoms with Crippen LogP contribution in [-0.2, 0) is 4.74 Å². The molecule has 1 aliphatic carbocycles. The average Bonchev–Trinajstić information content (AvgIpc) is 3.05. The van der Waals surface area contributed by atoms with Gasteiger partial charge in [-0.25, -0.2) is 9.18 Å². The quantitative estimate of drug-likeness (QED) is 0.680. The minimum atomic E-state index is -0.503. The largest absolute Gasteiger partial charge is 0.449 e. The average molecular weight is 389 g/mol. The summed E-state index contributed by atoms with van der Waals surface area (Å²) < 4.78 is 18.5. The van der Waals surface area contributed by atoms with Gasteiger partial charge in [-0.2, -0.15) is 0 Å². The highest BCUT2D eigenvalue weighted by molar-refractivity contribution is 5.79. The smallest absolute Gasteiger partial charge is 0.407 e. The molecule has 29 heavy (non-hydrogen) atoms. The number of fused-ring (bicyclic) bond motifs is 3. The molecule has 146 valence electrons. The predicted octanol–water partition coefficient (Wildman–Crippen LogP) is 4.35. The number of halogens is 1. The first-order valence-electron chi connectivity index (χ1n) is 9.30. The lowest BCUT2D eigenvalue weighted by atomic mass is 9.98. The fraction of sp³-hybridized carbons (Fsp3) is 0.130. The van der Waals surface area contributed by atoms with Gasteiger partial charge in [0.15, 0.2) is 0 Å². The minimum absolute atomic E-state index is 0.0203. The molecule has 4 rings (SSSR count). The highest BCUT2D eigenvalue weighted by Gasteiger charge is 2.28. The Morgan fingerprint density at radius 2 is 1.79 bits per heavy atom. The monoisotopic (exact) mass is 389 g/mol. The molecule has 0 unspecified atom stereocenters. The van der Waals surface area contributed by atoms with E-state index >= 15 is 0 Å². The second-order valence-corrected chi connectivity index (χ2v) is 6.74. The Bertz CT molecular complexity index is 1040. The lowest BCUT2D eigenvalue weighted by molar-refractivity contribution is 0.144. The maximum atomic E-state index is 13.0.